The van der Waals surface area contributed by atoms with Crippen molar-refractivity contribution in [3.63, 3.8) is 0 Å². The molecule has 1 unspecified atom stereocenters. The predicted molar refractivity (Wildman–Crippen MR) is 82.9 cm³/mol. The Morgan fingerprint density at radius 2 is 1.90 bits per heavy atom. The maximum Gasteiger partial charge on any atom is 0.451 e. The number of hydrogen-bond donors (Lipinski definition) is 4. The highest BCUT2D eigenvalue weighted by atomic mass is 16.4. The van der Waals surface area contributed by atoms with Gasteiger partial charge < -0.3 is 25.8 Å². The van der Waals surface area contributed by atoms with Gasteiger partial charge >= 0.3 is 13.1 Å². The lowest BCUT2D eigenvalue weighted by atomic mass is 9.80. The number of piperidine rings is 1. The maximum atomic E-state index is 11.2. The standard InChI is InChI=1S/C14H29BN2O4/c1-14(13(18)19)6-10-17(11-7-14)9-5-12(16)4-2-3-8-15(20)21/h12,20-21H,2-11,16H2,1H3,(H,18,19). The van der Waals surface area contributed by atoms with Gasteiger partial charge in [-0.15, -0.1) is 0 Å². The molecule has 1 saturated heterocycles. The molecule has 0 aromatic carbocycles. The minimum atomic E-state index is -1.21. The van der Waals surface area contributed by atoms with Crippen molar-refractivity contribution < 1.29 is 19.9 Å². The fourth-order valence-electron chi connectivity index (χ4n) is 2.71. The molecule has 5 N–H and O–H groups in total. The molecule has 0 aliphatic carbocycles. The Labute approximate surface area is 127 Å². The van der Waals surface area contributed by atoms with Crippen LogP contribution in [0, 0.1) is 5.41 Å². The summed E-state index contributed by atoms with van der Waals surface area (Å²) in [4.78, 5) is 13.5. The monoisotopic (exact) mass is 300 g/mol. The van der Waals surface area contributed by atoms with Crippen molar-refractivity contribution in [1.29, 1.82) is 0 Å². The summed E-state index contributed by atoms with van der Waals surface area (Å²) >= 11 is 0. The summed E-state index contributed by atoms with van der Waals surface area (Å²) < 4.78 is 0. The second-order valence-corrected chi connectivity index (χ2v) is 6.52. The van der Waals surface area contributed by atoms with Gasteiger partial charge in [-0.1, -0.05) is 12.8 Å². The molecule has 1 rings (SSSR count). The van der Waals surface area contributed by atoms with Crippen molar-refractivity contribution in [1.82, 2.24) is 4.90 Å². The number of nitrogens with two attached hydrogens (primary N) is 1. The van der Waals surface area contributed by atoms with Crippen molar-refractivity contribution >= 4 is 13.1 Å². The van der Waals surface area contributed by atoms with Gasteiger partial charge in [0.05, 0.1) is 5.41 Å². The summed E-state index contributed by atoms with van der Waals surface area (Å²) in [6.07, 6.45) is 5.31. The van der Waals surface area contributed by atoms with Crippen LogP contribution in [0.5, 0.6) is 0 Å². The maximum absolute atomic E-state index is 11.2. The summed E-state index contributed by atoms with van der Waals surface area (Å²) in [5.41, 5.74) is 5.50. The number of carboxylic acids is 1. The Kier molecular flexibility index (Phi) is 7.66. The molecule has 7 heteroatoms. The molecule has 1 atom stereocenters. The predicted octanol–water partition coefficient (Wildman–Crippen LogP) is 0.534. The highest BCUT2D eigenvalue weighted by molar-refractivity contribution is 6.40. The molecule has 0 aromatic rings. The van der Waals surface area contributed by atoms with E-state index in [-0.39, 0.29) is 6.04 Å². The van der Waals surface area contributed by atoms with E-state index in [2.05, 4.69) is 4.90 Å². The van der Waals surface area contributed by atoms with E-state index in [9.17, 15) is 9.90 Å². The first-order valence-corrected chi connectivity index (χ1v) is 7.91. The van der Waals surface area contributed by atoms with Crippen LogP contribution in [0.3, 0.4) is 0 Å². The first-order chi connectivity index (χ1) is 9.83. The molecule has 1 heterocycles. The van der Waals surface area contributed by atoms with Crippen LogP contribution in [0.4, 0.5) is 0 Å². The van der Waals surface area contributed by atoms with E-state index in [0.717, 1.165) is 45.3 Å². The van der Waals surface area contributed by atoms with E-state index in [1.54, 1.807) is 0 Å². The summed E-state index contributed by atoms with van der Waals surface area (Å²) in [6.45, 7) is 4.39. The molecule has 0 aromatic heterocycles. The van der Waals surface area contributed by atoms with Crippen LogP contribution >= 0.6 is 0 Å². The molecule has 0 amide bonds. The third kappa shape index (κ3) is 6.78. The Morgan fingerprint density at radius 3 is 2.43 bits per heavy atom. The molecule has 0 spiro atoms. The lowest BCUT2D eigenvalue weighted by molar-refractivity contribution is -0.150. The van der Waals surface area contributed by atoms with Crippen molar-refractivity contribution in [2.24, 2.45) is 11.1 Å². The van der Waals surface area contributed by atoms with Crippen LogP contribution in [-0.4, -0.2) is 58.8 Å². The molecule has 6 nitrogen and oxygen atoms in total. The summed E-state index contributed by atoms with van der Waals surface area (Å²) in [5, 5.41) is 26.7. The van der Waals surface area contributed by atoms with Gasteiger partial charge in [-0.3, -0.25) is 4.79 Å². The van der Waals surface area contributed by atoms with Crippen LogP contribution in [-0.2, 0) is 4.79 Å². The number of nitrogens with zero attached hydrogens (tertiary/aromatic N) is 1. The minimum Gasteiger partial charge on any atom is -0.481 e. The third-order valence-electron chi connectivity index (χ3n) is 4.58. The summed E-state index contributed by atoms with van der Waals surface area (Å²) in [6, 6.07) is 0.133. The van der Waals surface area contributed by atoms with Crippen molar-refractivity contribution in [2.75, 3.05) is 19.6 Å². The van der Waals surface area contributed by atoms with Crippen LogP contribution in [0.2, 0.25) is 6.32 Å². The van der Waals surface area contributed by atoms with Crippen molar-refractivity contribution in [3.05, 3.63) is 0 Å². The van der Waals surface area contributed by atoms with Gasteiger partial charge in [0.15, 0.2) is 0 Å². The Bertz CT molecular complexity index is 320. The minimum absolute atomic E-state index is 0.133. The fraction of sp³-hybridized carbons (Fsp3) is 0.929. The molecule has 0 bridgehead atoms. The summed E-state index contributed by atoms with van der Waals surface area (Å²) in [5.74, 6) is -0.690. The Balaban J connectivity index is 2.12. The second kappa shape index (κ2) is 8.73. The topological polar surface area (TPSA) is 107 Å². The van der Waals surface area contributed by atoms with Crippen LogP contribution in [0.15, 0.2) is 0 Å². The fourth-order valence-corrected chi connectivity index (χ4v) is 2.71. The van der Waals surface area contributed by atoms with Gasteiger partial charge in [-0.05, 0) is 58.6 Å². The highest BCUT2D eigenvalue weighted by Gasteiger charge is 2.36. The smallest absolute Gasteiger partial charge is 0.451 e. The first kappa shape index (κ1) is 18.4. The highest BCUT2D eigenvalue weighted by Crippen LogP contribution is 2.31. The lowest BCUT2D eigenvalue weighted by Gasteiger charge is -2.36. The van der Waals surface area contributed by atoms with E-state index in [1.807, 2.05) is 6.92 Å². The first-order valence-electron chi connectivity index (χ1n) is 7.91. The molecule has 21 heavy (non-hydrogen) atoms. The van der Waals surface area contributed by atoms with E-state index in [4.69, 9.17) is 15.8 Å². The lowest BCUT2D eigenvalue weighted by Crippen LogP contribution is -2.43. The number of rotatable bonds is 9. The molecule has 1 aliphatic rings. The van der Waals surface area contributed by atoms with E-state index < -0.39 is 18.5 Å². The summed E-state index contributed by atoms with van der Waals surface area (Å²) in [7, 11) is -1.21. The Morgan fingerprint density at radius 1 is 1.29 bits per heavy atom. The average Bonchev–Trinajstić information content (AvgIpc) is 2.42. The second-order valence-electron chi connectivity index (χ2n) is 6.52. The molecule has 0 saturated carbocycles. The normalized spacial score (nSPS) is 20.2. The number of aliphatic carboxylic acids is 1. The van der Waals surface area contributed by atoms with Gasteiger partial charge in [0.2, 0.25) is 0 Å². The van der Waals surface area contributed by atoms with Crippen LogP contribution in [0.25, 0.3) is 0 Å². The largest absolute Gasteiger partial charge is 0.481 e. The number of unbranched alkanes of at least 4 members (excludes halogenated alkanes) is 1. The van der Waals surface area contributed by atoms with E-state index in [0.29, 0.717) is 19.2 Å². The van der Waals surface area contributed by atoms with Gasteiger partial charge in [0, 0.05) is 6.04 Å². The van der Waals surface area contributed by atoms with Gasteiger partial charge in [0.1, 0.15) is 0 Å². The van der Waals surface area contributed by atoms with Gasteiger partial charge in [-0.25, -0.2) is 0 Å². The van der Waals surface area contributed by atoms with Crippen molar-refractivity contribution in [2.45, 2.75) is 57.8 Å². The zero-order chi connectivity index (χ0) is 15.9. The SMILES string of the molecule is CC1(C(=O)O)CCN(CCC(N)CCCCB(O)O)CC1. The number of likely N-dealkylation sites (tertiary alicyclic amines) is 1. The van der Waals surface area contributed by atoms with Crippen molar-refractivity contribution in [3.8, 4) is 0 Å². The Hall–Kier alpha value is -0.625. The third-order valence-corrected chi connectivity index (χ3v) is 4.58. The zero-order valence-corrected chi connectivity index (χ0v) is 13.0. The number of hydrogen-bond acceptors (Lipinski definition) is 5. The van der Waals surface area contributed by atoms with Crippen LogP contribution in [0.1, 0.15) is 45.4 Å². The van der Waals surface area contributed by atoms with E-state index in [1.165, 1.54) is 0 Å². The molecule has 0 radical (unpaired) electrons. The molecular formula is C14H29BN2O4. The van der Waals surface area contributed by atoms with Crippen LogP contribution < -0.4 is 5.73 Å². The molecular weight excluding hydrogens is 271 g/mol. The number of carboxylic acid groups (broad SMARTS) is 1. The van der Waals surface area contributed by atoms with Gasteiger partial charge in [0.25, 0.3) is 0 Å². The quantitative estimate of drug-likeness (QED) is 0.365. The van der Waals surface area contributed by atoms with E-state index >= 15 is 0 Å². The average molecular weight is 300 g/mol. The number of carbonyl (C=O) groups is 1. The molecule has 122 valence electrons. The van der Waals surface area contributed by atoms with Gasteiger partial charge in [-0.2, -0.15) is 0 Å². The zero-order valence-electron chi connectivity index (χ0n) is 13.0. The molecule has 1 fully saturated rings. The molecule has 1 aliphatic heterocycles.